The Kier molecular flexibility index (Phi) is 4.39. The number of nitrogens with zero attached hydrogens (tertiary/aromatic N) is 2. The third kappa shape index (κ3) is 2.92. The number of nitrogens with one attached hydrogen (secondary N) is 1. The fourth-order valence-corrected chi connectivity index (χ4v) is 2.65. The maximum absolute atomic E-state index is 5.48. The molecule has 100 valence electrons. The maximum Gasteiger partial charge on any atom is 0.221 e. The molecule has 0 bridgehead atoms. The van der Waals surface area contributed by atoms with Gasteiger partial charge in [0, 0.05) is 6.54 Å². The molecule has 0 spiro atoms. The van der Waals surface area contributed by atoms with E-state index in [1.54, 1.807) is 6.33 Å². The molecule has 18 heavy (non-hydrogen) atoms. The summed E-state index contributed by atoms with van der Waals surface area (Å²) in [6, 6.07) is 0. The van der Waals surface area contributed by atoms with E-state index in [4.69, 9.17) is 4.74 Å². The molecule has 0 saturated heterocycles. The molecule has 0 radical (unpaired) electrons. The number of aromatic nitrogens is 2. The second kappa shape index (κ2) is 6.03. The highest BCUT2D eigenvalue weighted by Crippen LogP contribution is 2.31. The molecular formula is C14H23N3O. The zero-order valence-corrected chi connectivity index (χ0v) is 11.6. The van der Waals surface area contributed by atoms with Crippen molar-refractivity contribution in [3.63, 3.8) is 0 Å². The van der Waals surface area contributed by atoms with Gasteiger partial charge in [-0.3, -0.25) is 0 Å². The van der Waals surface area contributed by atoms with Crippen LogP contribution in [0, 0.1) is 18.8 Å². The summed E-state index contributed by atoms with van der Waals surface area (Å²) in [7, 11) is 0. The van der Waals surface area contributed by atoms with Crippen molar-refractivity contribution in [3.8, 4) is 5.88 Å². The van der Waals surface area contributed by atoms with Crippen LogP contribution in [0.15, 0.2) is 6.33 Å². The zero-order chi connectivity index (χ0) is 13.0. The van der Waals surface area contributed by atoms with E-state index >= 15 is 0 Å². The van der Waals surface area contributed by atoms with Crippen molar-refractivity contribution in [2.75, 3.05) is 18.5 Å². The number of rotatable bonds is 5. The summed E-state index contributed by atoms with van der Waals surface area (Å²) in [5.74, 6) is 3.20. The van der Waals surface area contributed by atoms with Crippen LogP contribution < -0.4 is 10.1 Å². The maximum atomic E-state index is 5.48. The fraction of sp³-hybridized carbons (Fsp3) is 0.714. The number of hydrogen-bond donors (Lipinski definition) is 1. The summed E-state index contributed by atoms with van der Waals surface area (Å²) < 4.78 is 5.48. The van der Waals surface area contributed by atoms with Crippen LogP contribution in [0.5, 0.6) is 5.88 Å². The Morgan fingerprint density at radius 2 is 2.22 bits per heavy atom. The first-order valence-electron chi connectivity index (χ1n) is 6.90. The highest BCUT2D eigenvalue weighted by Gasteiger charge is 2.23. The van der Waals surface area contributed by atoms with E-state index in [0.29, 0.717) is 12.5 Å². The van der Waals surface area contributed by atoms with Crippen LogP contribution in [-0.4, -0.2) is 23.1 Å². The molecule has 1 N–H and O–H groups in total. The molecule has 1 saturated carbocycles. The van der Waals surface area contributed by atoms with E-state index in [1.165, 1.54) is 19.3 Å². The quantitative estimate of drug-likeness (QED) is 0.871. The minimum absolute atomic E-state index is 0.636. The number of ether oxygens (including phenoxy) is 1. The molecule has 1 fully saturated rings. The van der Waals surface area contributed by atoms with Crippen LogP contribution in [0.3, 0.4) is 0 Å². The minimum Gasteiger partial charge on any atom is -0.478 e. The Hall–Kier alpha value is -1.32. The first kappa shape index (κ1) is 13.1. The van der Waals surface area contributed by atoms with E-state index in [-0.39, 0.29) is 0 Å². The van der Waals surface area contributed by atoms with Crippen LogP contribution >= 0.6 is 0 Å². The summed E-state index contributed by atoms with van der Waals surface area (Å²) in [4.78, 5) is 8.46. The van der Waals surface area contributed by atoms with E-state index in [1.807, 2.05) is 13.8 Å². The summed E-state index contributed by atoms with van der Waals surface area (Å²) in [5, 5.41) is 3.45. The standard InChI is InChI=1S/C14H23N3O/c1-4-18-14-11(3)13(16-9-17-14)15-8-12-7-5-6-10(12)2/h9-10,12H,4-8H2,1-3H3,(H,15,16,17). The Morgan fingerprint density at radius 1 is 1.39 bits per heavy atom. The van der Waals surface area contributed by atoms with Crippen LogP contribution in [0.2, 0.25) is 0 Å². The molecule has 1 aliphatic rings. The average molecular weight is 249 g/mol. The van der Waals surface area contributed by atoms with Gasteiger partial charge in [-0.2, -0.15) is 0 Å². The highest BCUT2D eigenvalue weighted by molar-refractivity contribution is 5.47. The molecule has 0 aliphatic heterocycles. The molecule has 0 amide bonds. The predicted molar refractivity (Wildman–Crippen MR) is 72.9 cm³/mol. The van der Waals surface area contributed by atoms with E-state index in [2.05, 4.69) is 22.2 Å². The van der Waals surface area contributed by atoms with Gasteiger partial charge in [-0.05, 0) is 32.1 Å². The zero-order valence-electron chi connectivity index (χ0n) is 11.6. The van der Waals surface area contributed by atoms with Crippen molar-refractivity contribution in [3.05, 3.63) is 11.9 Å². The van der Waals surface area contributed by atoms with Crippen molar-refractivity contribution in [2.45, 2.75) is 40.0 Å². The second-order valence-electron chi connectivity index (χ2n) is 5.13. The van der Waals surface area contributed by atoms with E-state index in [0.717, 1.165) is 29.8 Å². The molecule has 1 aromatic rings. The molecule has 1 heterocycles. The third-order valence-electron chi connectivity index (χ3n) is 3.89. The lowest BCUT2D eigenvalue weighted by molar-refractivity contribution is 0.323. The Labute approximate surface area is 109 Å². The van der Waals surface area contributed by atoms with Gasteiger partial charge in [0.1, 0.15) is 12.1 Å². The van der Waals surface area contributed by atoms with Crippen LogP contribution in [-0.2, 0) is 0 Å². The highest BCUT2D eigenvalue weighted by atomic mass is 16.5. The third-order valence-corrected chi connectivity index (χ3v) is 3.89. The monoisotopic (exact) mass is 249 g/mol. The second-order valence-corrected chi connectivity index (χ2v) is 5.13. The molecule has 2 unspecified atom stereocenters. The van der Waals surface area contributed by atoms with Gasteiger partial charge in [-0.25, -0.2) is 9.97 Å². The van der Waals surface area contributed by atoms with Crippen molar-refractivity contribution < 1.29 is 4.74 Å². The molecule has 1 aliphatic carbocycles. The lowest BCUT2D eigenvalue weighted by atomic mass is 9.98. The van der Waals surface area contributed by atoms with Gasteiger partial charge in [0.15, 0.2) is 0 Å². The molecule has 2 atom stereocenters. The van der Waals surface area contributed by atoms with E-state index < -0.39 is 0 Å². The van der Waals surface area contributed by atoms with Crippen molar-refractivity contribution in [1.29, 1.82) is 0 Å². The molecule has 2 rings (SSSR count). The summed E-state index contributed by atoms with van der Waals surface area (Å²) in [5.41, 5.74) is 1.00. The average Bonchev–Trinajstić information content (AvgIpc) is 2.76. The Morgan fingerprint density at radius 3 is 2.89 bits per heavy atom. The topological polar surface area (TPSA) is 47.0 Å². The van der Waals surface area contributed by atoms with Gasteiger partial charge in [-0.15, -0.1) is 0 Å². The predicted octanol–water partition coefficient (Wildman–Crippen LogP) is 3.03. The smallest absolute Gasteiger partial charge is 0.221 e. The summed E-state index contributed by atoms with van der Waals surface area (Å²) in [6.07, 6.45) is 5.62. The van der Waals surface area contributed by atoms with Gasteiger partial charge in [0.05, 0.1) is 12.2 Å². The van der Waals surface area contributed by atoms with Gasteiger partial charge in [0.2, 0.25) is 5.88 Å². The SMILES string of the molecule is CCOc1ncnc(NCC2CCCC2C)c1C. The van der Waals surface area contributed by atoms with Gasteiger partial charge in [-0.1, -0.05) is 19.8 Å². The Bertz CT molecular complexity index is 395. The number of hydrogen-bond acceptors (Lipinski definition) is 4. The number of anilines is 1. The lowest BCUT2D eigenvalue weighted by Gasteiger charge is -2.17. The van der Waals surface area contributed by atoms with Crippen LogP contribution in [0.4, 0.5) is 5.82 Å². The van der Waals surface area contributed by atoms with Crippen molar-refractivity contribution >= 4 is 5.82 Å². The first-order chi connectivity index (χ1) is 8.72. The lowest BCUT2D eigenvalue weighted by Crippen LogP contribution is -2.18. The van der Waals surface area contributed by atoms with Gasteiger partial charge < -0.3 is 10.1 Å². The summed E-state index contributed by atoms with van der Waals surface area (Å²) in [6.45, 7) is 7.96. The van der Waals surface area contributed by atoms with Crippen LogP contribution in [0.1, 0.15) is 38.7 Å². The van der Waals surface area contributed by atoms with E-state index in [9.17, 15) is 0 Å². The van der Waals surface area contributed by atoms with Gasteiger partial charge >= 0.3 is 0 Å². The molecule has 0 aromatic carbocycles. The van der Waals surface area contributed by atoms with Gasteiger partial charge in [0.25, 0.3) is 0 Å². The summed E-state index contributed by atoms with van der Waals surface area (Å²) >= 11 is 0. The molecular weight excluding hydrogens is 226 g/mol. The molecule has 4 nitrogen and oxygen atoms in total. The largest absolute Gasteiger partial charge is 0.478 e. The minimum atomic E-state index is 0.636. The first-order valence-corrected chi connectivity index (χ1v) is 6.90. The van der Waals surface area contributed by atoms with Crippen molar-refractivity contribution in [1.82, 2.24) is 9.97 Å². The van der Waals surface area contributed by atoms with Crippen molar-refractivity contribution in [2.24, 2.45) is 11.8 Å². The fourth-order valence-electron chi connectivity index (χ4n) is 2.65. The molecule has 4 heteroatoms. The Balaban J connectivity index is 1.98. The normalized spacial score (nSPS) is 23.1. The van der Waals surface area contributed by atoms with Crippen LogP contribution in [0.25, 0.3) is 0 Å². The molecule has 1 aromatic heterocycles.